The Morgan fingerprint density at radius 3 is 2.58 bits per heavy atom. The minimum Gasteiger partial charge on any atom is -0.444 e. The zero-order valence-corrected chi connectivity index (χ0v) is 8.05. The van der Waals surface area contributed by atoms with Gasteiger partial charge in [-0.3, -0.25) is 4.99 Å². The van der Waals surface area contributed by atoms with E-state index in [1.807, 2.05) is 20.8 Å². The molecule has 0 radical (unpaired) electrons. The third-order valence-electron chi connectivity index (χ3n) is 0.919. The highest BCUT2D eigenvalue weighted by Crippen LogP contribution is 2.05. The van der Waals surface area contributed by atoms with Crippen molar-refractivity contribution in [3.63, 3.8) is 0 Å². The molecule has 0 aliphatic heterocycles. The van der Waals surface area contributed by atoms with Gasteiger partial charge in [0.2, 0.25) is 0 Å². The van der Waals surface area contributed by atoms with Crippen LogP contribution in [0.1, 0.15) is 20.8 Å². The van der Waals surface area contributed by atoms with E-state index >= 15 is 0 Å². The van der Waals surface area contributed by atoms with E-state index in [1.165, 1.54) is 0 Å². The van der Waals surface area contributed by atoms with E-state index in [9.17, 15) is 4.79 Å². The van der Waals surface area contributed by atoms with Crippen LogP contribution in [-0.2, 0) is 4.74 Å². The van der Waals surface area contributed by atoms with Gasteiger partial charge in [0, 0.05) is 13.3 Å². The smallest absolute Gasteiger partial charge is 0.407 e. The molecule has 0 aromatic carbocycles. The van der Waals surface area contributed by atoms with Crippen LogP contribution in [0.15, 0.2) is 4.99 Å². The lowest BCUT2D eigenvalue weighted by Crippen LogP contribution is -2.33. The summed E-state index contributed by atoms with van der Waals surface area (Å²) in [4.78, 5) is 14.6. The van der Waals surface area contributed by atoms with E-state index in [2.05, 4.69) is 10.3 Å². The number of hydrogen-bond acceptors (Lipinski definition) is 3. The number of aliphatic imine (C=N–C) groups is 1. The topological polar surface area (TPSA) is 50.7 Å². The molecule has 0 saturated carbocycles. The molecular weight excluding hydrogens is 156 g/mol. The molecule has 4 nitrogen and oxygen atoms in total. The highest BCUT2D eigenvalue weighted by molar-refractivity contribution is 5.72. The third-order valence-corrected chi connectivity index (χ3v) is 0.919. The number of alkyl carbamates (subject to hydrolysis) is 1. The molecule has 12 heavy (non-hydrogen) atoms. The van der Waals surface area contributed by atoms with Gasteiger partial charge in [-0.05, 0) is 20.8 Å². The van der Waals surface area contributed by atoms with E-state index in [4.69, 9.17) is 4.74 Å². The molecule has 0 aromatic rings. The normalized spacial score (nSPS) is 11.7. The molecule has 70 valence electrons. The van der Waals surface area contributed by atoms with Crippen LogP contribution >= 0.6 is 0 Å². The van der Waals surface area contributed by atoms with Gasteiger partial charge in [-0.2, -0.15) is 0 Å². The Balaban J connectivity index is 3.61. The highest BCUT2D eigenvalue weighted by Gasteiger charge is 2.14. The van der Waals surface area contributed by atoms with Crippen molar-refractivity contribution in [1.29, 1.82) is 0 Å². The van der Waals surface area contributed by atoms with E-state index in [0.717, 1.165) is 0 Å². The second-order valence-electron chi connectivity index (χ2n) is 3.32. The van der Waals surface area contributed by atoms with Crippen LogP contribution < -0.4 is 5.32 Å². The van der Waals surface area contributed by atoms with Crippen LogP contribution in [0.5, 0.6) is 0 Å². The lowest BCUT2D eigenvalue weighted by molar-refractivity contribution is 0.0536. The number of rotatable bonds is 2. The summed E-state index contributed by atoms with van der Waals surface area (Å²) in [5.41, 5.74) is -0.437. The van der Waals surface area contributed by atoms with Crippen molar-refractivity contribution in [2.24, 2.45) is 4.99 Å². The fraction of sp³-hybridized carbons (Fsp3) is 0.750. The summed E-state index contributed by atoms with van der Waals surface area (Å²) in [6.45, 7) is 5.87. The maximum absolute atomic E-state index is 10.9. The van der Waals surface area contributed by atoms with Gasteiger partial charge in [-0.1, -0.05) is 0 Å². The second-order valence-corrected chi connectivity index (χ2v) is 3.32. The van der Waals surface area contributed by atoms with Crippen LogP contribution in [-0.4, -0.2) is 31.5 Å². The van der Waals surface area contributed by atoms with E-state index in [0.29, 0.717) is 6.54 Å². The van der Waals surface area contributed by atoms with Crippen molar-refractivity contribution < 1.29 is 9.53 Å². The van der Waals surface area contributed by atoms with Crippen LogP contribution in [0.4, 0.5) is 4.79 Å². The predicted molar refractivity (Wildman–Crippen MR) is 48.7 cm³/mol. The standard InChI is InChI=1S/C8H16N2O2/c1-8(2,3)12-7(11)10-6-5-9-4/h5H,6H2,1-4H3,(H,10,11). The number of carbonyl (C=O) groups is 1. The summed E-state index contributed by atoms with van der Waals surface area (Å²) in [6.07, 6.45) is 1.19. The SMILES string of the molecule is CN=CCNC(=O)OC(C)(C)C. The number of ether oxygens (including phenoxy) is 1. The largest absolute Gasteiger partial charge is 0.444 e. The second kappa shape index (κ2) is 4.74. The number of nitrogens with zero attached hydrogens (tertiary/aromatic N) is 1. The van der Waals surface area contributed by atoms with Gasteiger partial charge in [0.25, 0.3) is 0 Å². The summed E-state index contributed by atoms with van der Waals surface area (Å²) in [7, 11) is 1.65. The first-order chi connectivity index (χ1) is 5.45. The molecule has 0 saturated heterocycles. The Labute approximate surface area is 73.0 Å². The molecule has 0 aromatic heterocycles. The molecule has 0 spiro atoms. The summed E-state index contributed by atoms with van der Waals surface area (Å²) >= 11 is 0. The monoisotopic (exact) mass is 172 g/mol. The van der Waals surface area contributed by atoms with Crippen molar-refractivity contribution in [2.45, 2.75) is 26.4 Å². The molecule has 4 heteroatoms. The first kappa shape index (κ1) is 10.9. The summed E-state index contributed by atoms with van der Waals surface area (Å²) in [6, 6.07) is 0. The Hall–Kier alpha value is -1.06. The molecule has 0 bridgehead atoms. The predicted octanol–water partition coefficient (Wildman–Crippen LogP) is 1.21. The van der Waals surface area contributed by atoms with Crippen LogP contribution in [0.25, 0.3) is 0 Å². The van der Waals surface area contributed by atoms with Crippen molar-refractivity contribution in [2.75, 3.05) is 13.6 Å². The Morgan fingerprint density at radius 2 is 2.17 bits per heavy atom. The quantitative estimate of drug-likeness (QED) is 0.636. The maximum Gasteiger partial charge on any atom is 0.407 e. The van der Waals surface area contributed by atoms with E-state index < -0.39 is 11.7 Å². The van der Waals surface area contributed by atoms with Gasteiger partial charge < -0.3 is 10.1 Å². The average molecular weight is 172 g/mol. The molecule has 0 heterocycles. The van der Waals surface area contributed by atoms with Gasteiger partial charge in [0.05, 0.1) is 6.54 Å². The summed E-state index contributed by atoms with van der Waals surface area (Å²) in [5, 5.41) is 2.53. The molecule has 0 fully saturated rings. The van der Waals surface area contributed by atoms with Gasteiger partial charge in [0.1, 0.15) is 5.60 Å². The van der Waals surface area contributed by atoms with E-state index in [1.54, 1.807) is 13.3 Å². The van der Waals surface area contributed by atoms with Crippen LogP contribution in [0, 0.1) is 0 Å². The zero-order valence-electron chi connectivity index (χ0n) is 8.05. The Kier molecular flexibility index (Phi) is 4.33. The Bertz CT molecular complexity index is 170. The highest BCUT2D eigenvalue weighted by atomic mass is 16.6. The maximum atomic E-state index is 10.9. The van der Waals surface area contributed by atoms with Gasteiger partial charge in [-0.15, -0.1) is 0 Å². The molecule has 0 rings (SSSR count). The third kappa shape index (κ3) is 7.05. The van der Waals surface area contributed by atoms with Gasteiger partial charge >= 0.3 is 6.09 Å². The molecule has 0 unspecified atom stereocenters. The van der Waals surface area contributed by atoms with Crippen molar-refractivity contribution >= 4 is 12.3 Å². The summed E-state index contributed by atoms with van der Waals surface area (Å²) < 4.78 is 4.97. The van der Waals surface area contributed by atoms with Crippen molar-refractivity contribution in [1.82, 2.24) is 5.32 Å². The number of carbonyl (C=O) groups excluding carboxylic acids is 1. The molecular formula is C8H16N2O2. The molecule has 0 aliphatic rings. The van der Waals surface area contributed by atoms with Crippen LogP contribution in [0.2, 0.25) is 0 Å². The number of amides is 1. The first-order valence-electron chi connectivity index (χ1n) is 3.83. The fourth-order valence-electron chi connectivity index (χ4n) is 0.534. The minimum absolute atomic E-state index is 0.408. The van der Waals surface area contributed by atoms with Gasteiger partial charge in [-0.25, -0.2) is 4.79 Å². The van der Waals surface area contributed by atoms with Gasteiger partial charge in [0.15, 0.2) is 0 Å². The molecule has 1 N–H and O–H groups in total. The first-order valence-corrected chi connectivity index (χ1v) is 3.83. The van der Waals surface area contributed by atoms with E-state index in [-0.39, 0.29) is 0 Å². The Morgan fingerprint density at radius 1 is 1.58 bits per heavy atom. The lowest BCUT2D eigenvalue weighted by Gasteiger charge is -2.19. The average Bonchev–Trinajstić information content (AvgIpc) is 1.84. The fourth-order valence-corrected chi connectivity index (χ4v) is 0.534. The number of hydrogen-bond donors (Lipinski definition) is 1. The molecule has 1 amide bonds. The molecule has 0 atom stereocenters. The summed E-state index contributed by atoms with van der Waals surface area (Å²) in [5.74, 6) is 0. The number of nitrogens with one attached hydrogen (secondary N) is 1. The van der Waals surface area contributed by atoms with Crippen LogP contribution in [0.3, 0.4) is 0 Å². The molecule has 0 aliphatic carbocycles. The zero-order chi connectivity index (χ0) is 9.61. The van der Waals surface area contributed by atoms with Crippen molar-refractivity contribution in [3.05, 3.63) is 0 Å². The lowest BCUT2D eigenvalue weighted by atomic mass is 10.2. The minimum atomic E-state index is -0.437. The van der Waals surface area contributed by atoms with Crippen molar-refractivity contribution in [3.8, 4) is 0 Å².